The zero-order valence-electron chi connectivity index (χ0n) is 22.3. The molecule has 2 amide bonds. The molecule has 5 rings (SSSR count). The summed E-state index contributed by atoms with van der Waals surface area (Å²) >= 11 is 1.63. The number of likely N-dealkylation sites (N-methyl/N-ethyl adjacent to an activating group) is 1. The summed E-state index contributed by atoms with van der Waals surface area (Å²) in [6.07, 6.45) is -0.488. The highest BCUT2D eigenvalue weighted by Crippen LogP contribution is 2.31. The number of likely N-dealkylation sites (tertiary alicyclic amines) is 1. The van der Waals surface area contributed by atoms with E-state index in [-0.39, 0.29) is 30.7 Å². The smallest absolute Gasteiger partial charge is 0.251 e. The van der Waals surface area contributed by atoms with Crippen LogP contribution in [-0.4, -0.2) is 103 Å². The van der Waals surface area contributed by atoms with Gasteiger partial charge in [0.25, 0.3) is 5.91 Å². The largest absolute Gasteiger partial charge is 0.366 e. The van der Waals surface area contributed by atoms with Gasteiger partial charge in [-0.3, -0.25) is 14.4 Å². The van der Waals surface area contributed by atoms with Crippen LogP contribution in [0.3, 0.4) is 0 Å². The number of piperazine rings is 1. The summed E-state index contributed by atoms with van der Waals surface area (Å²) < 4.78 is 5.52. The van der Waals surface area contributed by atoms with E-state index in [2.05, 4.69) is 22.2 Å². The fraction of sp³-hybridized carbons (Fsp3) is 0.556. The molecule has 0 saturated carbocycles. The molecular formula is C27H36N6O4S. The van der Waals surface area contributed by atoms with E-state index >= 15 is 0 Å². The molecule has 38 heavy (non-hydrogen) atoms. The molecule has 3 fully saturated rings. The Labute approximate surface area is 227 Å². The Bertz CT molecular complexity index is 1200. The number of Topliss-reactive ketones (excluding diaryl/α,β-unsaturated/α-hetero) is 1. The number of ketones is 1. The van der Waals surface area contributed by atoms with Crippen molar-refractivity contribution in [3.8, 4) is 11.3 Å². The molecular weight excluding hydrogens is 504 g/mol. The van der Waals surface area contributed by atoms with Gasteiger partial charge in [-0.15, -0.1) is 11.3 Å². The average Bonchev–Trinajstić information content (AvgIpc) is 3.60. The van der Waals surface area contributed by atoms with Crippen LogP contribution < -0.4 is 16.0 Å². The predicted molar refractivity (Wildman–Crippen MR) is 146 cm³/mol. The van der Waals surface area contributed by atoms with Crippen molar-refractivity contribution in [1.82, 2.24) is 20.1 Å². The quantitative estimate of drug-likeness (QED) is 0.581. The third-order valence-corrected chi connectivity index (χ3v) is 8.51. The number of benzene rings is 1. The highest BCUT2D eigenvalue weighted by molar-refractivity contribution is 7.14. The van der Waals surface area contributed by atoms with Gasteiger partial charge in [0.1, 0.15) is 24.8 Å². The van der Waals surface area contributed by atoms with Crippen LogP contribution >= 0.6 is 11.3 Å². The molecule has 0 radical (unpaired) electrons. The number of nitrogens with two attached hydrogens (primary N) is 1. The van der Waals surface area contributed by atoms with Crippen molar-refractivity contribution >= 4 is 34.1 Å². The Morgan fingerprint density at radius 2 is 1.84 bits per heavy atom. The molecule has 2 aromatic rings. The Hall–Kier alpha value is -2.86. The number of aromatic nitrogens is 1. The number of thiazole rings is 1. The molecule has 3 aliphatic rings. The van der Waals surface area contributed by atoms with Crippen LogP contribution in [-0.2, 0) is 14.3 Å². The first kappa shape index (κ1) is 26.7. The van der Waals surface area contributed by atoms with Crippen LogP contribution in [0.25, 0.3) is 11.3 Å². The fourth-order valence-electron chi connectivity index (χ4n) is 5.28. The standard InChI is InChI=1S/C27H36N6O4S/c1-27(2,3)23(25(36)33-13-18(28)22-21(33)20(34)14-37-22)30-24(35)17-7-5-16(6-8-17)19-15-38-26(29-19)32-11-9-31(4)10-12-32/h5-8,15,18,21-23H,9-14,28H2,1-4H3,(H,30,35)/t18-,21-,22-,23?/m1/s1. The van der Waals surface area contributed by atoms with Crippen molar-refractivity contribution in [2.75, 3.05) is 51.3 Å². The first-order valence-corrected chi connectivity index (χ1v) is 13.9. The van der Waals surface area contributed by atoms with Crippen molar-refractivity contribution < 1.29 is 19.1 Å². The van der Waals surface area contributed by atoms with Crippen molar-refractivity contribution in [1.29, 1.82) is 0 Å². The van der Waals surface area contributed by atoms with Crippen LogP contribution in [0.2, 0.25) is 0 Å². The van der Waals surface area contributed by atoms with Gasteiger partial charge in [-0.05, 0) is 24.6 Å². The van der Waals surface area contributed by atoms with Crippen molar-refractivity contribution in [3.63, 3.8) is 0 Å². The van der Waals surface area contributed by atoms with Crippen molar-refractivity contribution in [2.45, 2.75) is 45.0 Å². The number of rotatable bonds is 5. The van der Waals surface area contributed by atoms with Crippen LogP contribution in [0.4, 0.5) is 5.13 Å². The summed E-state index contributed by atoms with van der Waals surface area (Å²) in [5.41, 5.74) is 7.82. The number of ether oxygens (including phenoxy) is 1. The number of carbonyl (C=O) groups is 3. The van der Waals surface area contributed by atoms with Gasteiger partial charge < -0.3 is 30.5 Å². The first-order valence-electron chi connectivity index (χ1n) is 13.0. The first-order chi connectivity index (χ1) is 18.0. The minimum atomic E-state index is -0.835. The maximum absolute atomic E-state index is 13.6. The molecule has 0 aliphatic carbocycles. The summed E-state index contributed by atoms with van der Waals surface area (Å²) in [4.78, 5) is 50.2. The van der Waals surface area contributed by atoms with Crippen LogP contribution in [0.15, 0.2) is 29.6 Å². The van der Waals surface area contributed by atoms with E-state index in [1.165, 1.54) is 4.90 Å². The summed E-state index contributed by atoms with van der Waals surface area (Å²) in [7, 11) is 2.13. The van der Waals surface area contributed by atoms with Gasteiger partial charge in [0, 0.05) is 49.2 Å². The molecule has 10 nitrogen and oxygen atoms in total. The van der Waals surface area contributed by atoms with E-state index in [0.29, 0.717) is 5.56 Å². The average molecular weight is 541 g/mol. The second-order valence-electron chi connectivity index (χ2n) is 11.5. The lowest BCUT2D eigenvalue weighted by atomic mass is 9.85. The van der Waals surface area contributed by atoms with Gasteiger partial charge in [0.15, 0.2) is 10.9 Å². The summed E-state index contributed by atoms with van der Waals surface area (Å²) in [6, 6.07) is 5.31. The Balaban J connectivity index is 1.28. The van der Waals surface area contributed by atoms with Crippen LogP contribution in [0.1, 0.15) is 31.1 Å². The molecule has 1 aromatic carbocycles. The molecule has 4 atom stereocenters. The Morgan fingerprint density at radius 1 is 1.16 bits per heavy atom. The van der Waals surface area contributed by atoms with Gasteiger partial charge in [0.2, 0.25) is 5.91 Å². The monoisotopic (exact) mass is 540 g/mol. The highest BCUT2D eigenvalue weighted by atomic mass is 32.1. The molecule has 3 N–H and O–H groups in total. The lowest BCUT2D eigenvalue weighted by Crippen LogP contribution is -2.57. The second-order valence-corrected chi connectivity index (χ2v) is 12.3. The van der Waals surface area contributed by atoms with Crippen molar-refractivity contribution in [3.05, 3.63) is 35.2 Å². The van der Waals surface area contributed by atoms with E-state index < -0.39 is 29.6 Å². The second kappa shape index (κ2) is 10.4. The summed E-state index contributed by atoms with van der Waals surface area (Å²) in [5, 5.41) is 5.97. The van der Waals surface area contributed by atoms with Gasteiger partial charge in [-0.2, -0.15) is 0 Å². The van der Waals surface area contributed by atoms with E-state index in [1.807, 2.05) is 38.3 Å². The Morgan fingerprint density at radius 3 is 2.50 bits per heavy atom. The minimum absolute atomic E-state index is 0.0401. The van der Waals surface area contributed by atoms with Gasteiger partial charge in [0.05, 0.1) is 11.7 Å². The van der Waals surface area contributed by atoms with Crippen LogP contribution in [0, 0.1) is 5.41 Å². The topological polar surface area (TPSA) is 121 Å². The van der Waals surface area contributed by atoms with Gasteiger partial charge >= 0.3 is 0 Å². The van der Waals surface area contributed by atoms with E-state index in [0.717, 1.165) is 42.6 Å². The maximum Gasteiger partial charge on any atom is 0.251 e. The lowest BCUT2D eigenvalue weighted by molar-refractivity contribution is -0.140. The van der Waals surface area contributed by atoms with E-state index in [1.54, 1.807) is 23.5 Å². The van der Waals surface area contributed by atoms with Crippen molar-refractivity contribution in [2.24, 2.45) is 11.1 Å². The van der Waals surface area contributed by atoms with Crippen LogP contribution in [0.5, 0.6) is 0 Å². The zero-order valence-corrected chi connectivity index (χ0v) is 23.2. The summed E-state index contributed by atoms with van der Waals surface area (Å²) in [5.74, 6) is -0.817. The number of nitrogens with zero attached hydrogens (tertiary/aromatic N) is 4. The van der Waals surface area contributed by atoms with E-state index in [4.69, 9.17) is 15.5 Å². The number of amides is 2. The number of hydrogen-bond acceptors (Lipinski definition) is 9. The zero-order chi connectivity index (χ0) is 27.2. The highest BCUT2D eigenvalue weighted by Gasteiger charge is 2.53. The number of fused-ring (bicyclic) bond motifs is 1. The van der Waals surface area contributed by atoms with Gasteiger partial charge in [-0.25, -0.2) is 4.98 Å². The lowest BCUT2D eigenvalue weighted by Gasteiger charge is -2.35. The molecule has 4 heterocycles. The Kier molecular flexibility index (Phi) is 7.29. The fourth-order valence-corrected chi connectivity index (χ4v) is 6.17. The normalized spacial score (nSPS) is 25.0. The minimum Gasteiger partial charge on any atom is -0.366 e. The summed E-state index contributed by atoms with van der Waals surface area (Å²) in [6.45, 7) is 9.81. The molecule has 3 aliphatic heterocycles. The number of nitrogens with one attached hydrogen (secondary N) is 1. The van der Waals surface area contributed by atoms with E-state index in [9.17, 15) is 14.4 Å². The molecule has 204 valence electrons. The third kappa shape index (κ3) is 5.20. The van der Waals surface area contributed by atoms with Gasteiger partial charge in [-0.1, -0.05) is 32.9 Å². The molecule has 0 bridgehead atoms. The molecule has 3 saturated heterocycles. The number of carbonyl (C=O) groups excluding carboxylic acids is 3. The number of hydrogen-bond donors (Lipinski definition) is 2. The molecule has 11 heteroatoms. The SMILES string of the molecule is CN1CCN(c2nc(-c3ccc(C(=O)NC(C(=O)N4C[C@@H](N)[C@H]5OCC(=O)[C@H]54)C(C)(C)C)cc3)cs2)CC1. The molecule has 1 unspecified atom stereocenters. The molecule has 1 aromatic heterocycles. The third-order valence-electron chi connectivity index (χ3n) is 7.60. The molecule has 0 spiro atoms. The maximum atomic E-state index is 13.6. The predicted octanol–water partition coefficient (Wildman–Crippen LogP) is 1.21. The number of anilines is 1.